The maximum absolute atomic E-state index is 13.3. The summed E-state index contributed by atoms with van der Waals surface area (Å²) in [6.45, 7) is 3.26. The lowest BCUT2D eigenvalue weighted by molar-refractivity contribution is -0.154. The molecule has 1 fully saturated rings. The molecule has 4 amide bonds. The van der Waals surface area contributed by atoms with Gasteiger partial charge in [0, 0.05) is 24.5 Å². The first kappa shape index (κ1) is 19.9. The molecule has 28 heavy (non-hydrogen) atoms. The van der Waals surface area contributed by atoms with Crippen molar-refractivity contribution in [2.75, 3.05) is 13.1 Å². The lowest BCUT2D eigenvalue weighted by Gasteiger charge is -2.43. The van der Waals surface area contributed by atoms with Gasteiger partial charge in [0.25, 0.3) is 5.91 Å². The molecular weight excluding hydrogens is 358 g/mol. The second-order valence-corrected chi connectivity index (χ2v) is 7.40. The Labute approximate surface area is 164 Å². The predicted molar refractivity (Wildman–Crippen MR) is 102 cm³/mol. The number of pyridine rings is 1. The summed E-state index contributed by atoms with van der Waals surface area (Å²) in [5.41, 5.74) is -0.361. The van der Waals surface area contributed by atoms with E-state index in [-0.39, 0.29) is 12.3 Å². The Morgan fingerprint density at radius 3 is 2.54 bits per heavy atom. The fourth-order valence-corrected chi connectivity index (χ4v) is 3.84. The number of Topliss-reactive ketones (excluding diaryl/α,β-unsaturated/α-hetero) is 1. The molecule has 1 aliphatic heterocycles. The summed E-state index contributed by atoms with van der Waals surface area (Å²) in [6, 6.07) is 2.49. The molecule has 0 saturated carbocycles. The summed E-state index contributed by atoms with van der Waals surface area (Å²) in [5, 5.41) is 0. The molecule has 148 valence electrons. The highest BCUT2D eigenvalue weighted by atomic mass is 16.2. The Bertz CT molecular complexity index is 833. The third kappa shape index (κ3) is 3.37. The molecule has 7 heteroatoms. The number of hydrogen-bond acceptors (Lipinski definition) is 5. The lowest BCUT2D eigenvalue weighted by atomic mass is 9.73. The minimum atomic E-state index is -1.43. The predicted octanol–water partition coefficient (Wildman–Crippen LogP) is 2.97. The maximum Gasteiger partial charge on any atom is 0.333 e. The molecule has 1 atom stereocenters. The molecule has 0 spiro atoms. The molecule has 1 aromatic rings. The summed E-state index contributed by atoms with van der Waals surface area (Å²) in [4.78, 5) is 58.0. The smallest absolute Gasteiger partial charge is 0.292 e. The molecule has 1 unspecified atom stereocenters. The Morgan fingerprint density at radius 1 is 1.18 bits per heavy atom. The average molecular weight is 383 g/mol. The van der Waals surface area contributed by atoms with E-state index in [0.29, 0.717) is 18.4 Å². The van der Waals surface area contributed by atoms with Crippen molar-refractivity contribution >= 4 is 23.6 Å². The van der Waals surface area contributed by atoms with Gasteiger partial charge in [-0.2, -0.15) is 0 Å². The number of carbonyl (C=O) groups excluding carboxylic acids is 4. The van der Waals surface area contributed by atoms with Crippen LogP contribution in [0.15, 0.2) is 36.2 Å². The van der Waals surface area contributed by atoms with Gasteiger partial charge in [-0.05, 0) is 56.7 Å². The van der Waals surface area contributed by atoms with Gasteiger partial charge < -0.3 is 0 Å². The first-order chi connectivity index (χ1) is 13.4. The van der Waals surface area contributed by atoms with E-state index in [2.05, 4.69) is 4.98 Å². The molecule has 0 aromatic carbocycles. The number of barbiturate groups is 1. The van der Waals surface area contributed by atoms with Gasteiger partial charge in [0.1, 0.15) is 5.41 Å². The average Bonchev–Trinajstić information content (AvgIpc) is 2.74. The largest absolute Gasteiger partial charge is 0.333 e. The van der Waals surface area contributed by atoms with Crippen molar-refractivity contribution in [3.8, 4) is 0 Å². The van der Waals surface area contributed by atoms with Crippen LogP contribution in [-0.4, -0.2) is 51.5 Å². The summed E-state index contributed by atoms with van der Waals surface area (Å²) >= 11 is 0. The molecule has 1 aliphatic carbocycles. The van der Waals surface area contributed by atoms with Gasteiger partial charge in [-0.3, -0.25) is 29.2 Å². The van der Waals surface area contributed by atoms with Crippen LogP contribution < -0.4 is 0 Å². The highest BCUT2D eigenvalue weighted by molar-refractivity contribution is 6.22. The van der Waals surface area contributed by atoms with Crippen molar-refractivity contribution in [3.05, 3.63) is 41.7 Å². The minimum absolute atomic E-state index is 0.214. The van der Waals surface area contributed by atoms with E-state index in [1.54, 1.807) is 25.3 Å². The number of aromatic nitrogens is 1. The third-order valence-electron chi connectivity index (χ3n) is 5.47. The zero-order valence-corrected chi connectivity index (χ0v) is 16.3. The van der Waals surface area contributed by atoms with Crippen LogP contribution in [0.3, 0.4) is 0 Å². The Kier molecular flexibility index (Phi) is 5.72. The van der Waals surface area contributed by atoms with Crippen molar-refractivity contribution in [2.24, 2.45) is 5.41 Å². The minimum Gasteiger partial charge on any atom is -0.292 e. The normalized spacial score (nSPS) is 23.1. The van der Waals surface area contributed by atoms with Gasteiger partial charge in [0.05, 0.1) is 6.54 Å². The Hall–Kier alpha value is -2.83. The summed E-state index contributed by atoms with van der Waals surface area (Å²) in [5.74, 6) is -1.48. The number of imide groups is 2. The molecular formula is C21H25N3O4. The molecule has 2 heterocycles. The van der Waals surface area contributed by atoms with Gasteiger partial charge in [0.15, 0.2) is 5.78 Å². The van der Waals surface area contributed by atoms with E-state index in [4.69, 9.17) is 0 Å². The number of hydrogen-bond donors (Lipinski definition) is 0. The topological polar surface area (TPSA) is 87.7 Å². The SMILES string of the molecule is CCCN1C(=O)N(CC(=O)c2cccnc2)C(=O)C(C)(C2=CCCCC2)C1=O. The Morgan fingerprint density at radius 2 is 1.93 bits per heavy atom. The van der Waals surface area contributed by atoms with Crippen LogP contribution in [0.1, 0.15) is 56.3 Å². The van der Waals surface area contributed by atoms with Gasteiger partial charge in [-0.15, -0.1) is 0 Å². The summed E-state index contributed by atoms with van der Waals surface area (Å²) in [6.07, 6.45) is 8.84. The second kappa shape index (κ2) is 8.04. The van der Waals surface area contributed by atoms with Crippen molar-refractivity contribution in [1.82, 2.24) is 14.8 Å². The van der Waals surface area contributed by atoms with Crippen molar-refractivity contribution in [1.29, 1.82) is 0 Å². The van der Waals surface area contributed by atoms with Crippen LogP contribution in [0.4, 0.5) is 4.79 Å². The van der Waals surface area contributed by atoms with Crippen LogP contribution in [0.25, 0.3) is 0 Å². The van der Waals surface area contributed by atoms with E-state index < -0.39 is 29.8 Å². The van der Waals surface area contributed by atoms with Crippen molar-refractivity contribution in [3.63, 3.8) is 0 Å². The summed E-state index contributed by atoms with van der Waals surface area (Å²) < 4.78 is 0. The Balaban J connectivity index is 1.97. The van der Waals surface area contributed by atoms with Crippen LogP contribution in [0, 0.1) is 5.41 Å². The van der Waals surface area contributed by atoms with E-state index in [9.17, 15) is 19.2 Å². The molecule has 0 radical (unpaired) electrons. The maximum atomic E-state index is 13.3. The zero-order chi connectivity index (χ0) is 20.3. The van der Waals surface area contributed by atoms with E-state index in [1.807, 2.05) is 13.0 Å². The van der Waals surface area contributed by atoms with Gasteiger partial charge in [0.2, 0.25) is 5.91 Å². The van der Waals surface area contributed by atoms with Gasteiger partial charge in [-0.25, -0.2) is 4.79 Å². The molecule has 1 aromatic heterocycles. The number of allylic oxidation sites excluding steroid dienone is 1. The standard InChI is InChI=1S/C21H25N3O4/c1-3-12-23-18(26)21(2,16-9-5-4-6-10-16)19(27)24(20(23)28)14-17(25)15-8-7-11-22-13-15/h7-9,11,13H,3-6,10,12,14H2,1-2H3. The first-order valence-electron chi connectivity index (χ1n) is 9.71. The van der Waals surface area contributed by atoms with E-state index in [0.717, 1.165) is 34.6 Å². The van der Waals surface area contributed by atoms with E-state index >= 15 is 0 Å². The van der Waals surface area contributed by atoms with Crippen LogP contribution in [-0.2, 0) is 9.59 Å². The molecule has 0 bridgehead atoms. The second-order valence-electron chi connectivity index (χ2n) is 7.40. The highest BCUT2D eigenvalue weighted by Gasteiger charge is 2.56. The van der Waals surface area contributed by atoms with Crippen LogP contribution in [0.2, 0.25) is 0 Å². The molecule has 3 rings (SSSR count). The van der Waals surface area contributed by atoms with Gasteiger partial charge >= 0.3 is 6.03 Å². The number of carbonyl (C=O) groups is 4. The lowest BCUT2D eigenvalue weighted by Crippen LogP contribution is -2.65. The number of rotatable bonds is 6. The number of nitrogens with zero attached hydrogens (tertiary/aromatic N) is 3. The molecule has 0 N–H and O–H groups in total. The fraction of sp³-hybridized carbons (Fsp3) is 0.476. The third-order valence-corrected chi connectivity index (χ3v) is 5.47. The molecule has 7 nitrogen and oxygen atoms in total. The molecule has 2 aliphatic rings. The monoisotopic (exact) mass is 383 g/mol. The first-order valence-corrected chi connectivity index (χ1v) is 9.71. The van der Waals surface area contributed by atoms with Crippen LogP contribution >= 0.6 is 0 Å². The molecule has 1 saturated heterocycles. The number of urea groups is 1. The van der Waals surface area contributed by atoms with Crippen molar-refractivity contribution in [2.45, 2.75) is 46.0 Å². The zero-order valence-electron chi connectivity index (χ0n) is 16.3. The fourth-order valence-electron chi connectivity index (χ4n) is 3.84. The number of amides is 4. The quantitative estimate of drug-likeness (QED) is 0.428. The van der Waals surface area contributed by atoms with Crippen LogP contribution in [0.5, 0.6) is 0 Å². The van der Waals surface area contributed by atoms with E-state index in [1.165, 1.54) is 6.20 Å². The van der Waals surface area contributed by atoms with Gasteiger partial charge in [-0.1, -0.05) is 13.0 Å². The highest BCUT2D eigenvalue weighted by Crippen LogP contribution is 2.40. The summed E-state index contributed by atoms with van der Waals surface area (Å²) in [7, 11) is 0. The van der Waals surface area contributed by atoms with Crippen molar-refractivity contribution < 1.29 is 19.2 Å². The number of ketones is 1.